The molecule has 0 amide bonds. The van der Waals surface area contributed by atoms with E-state index in [2.05, 4.69) is 5.32 Å². The first-order valence-electron chi connectivity index (χ1n) is 7.53. The van der Waals surface area contributed by atoms with Crippen LogP contribution in [-0.2, 0) is 9.84 Å². The summed E-state index contributed by atoms with van der Waals surface area (Å²) in [4.78, 5) is 1.54. The van der Waals surface area contributed by atoms with Gasteiger partial charge in [-0.3, -0.25) is 0 Å². The van der Waals surface area contributed by atoms with Gasteiger partial charge in [0.1, 0.15) is 4.90 Å². The zero-order valence-corrected chi connectivity index (χ0v) is 13.9. The molecule has 0 aromatic heterocycles. The van der Waals surface area contributed by atoms with E-state index in [1.807, 2.05) is 6.07 Å². The van der Waals surface area contributed by atoms with Crippen molar-refractivity contribution in [2.75, 3.05) is 25.5 Å². The molecule has 1 unspecified atom stereocenters. The number of nitriles is 1. The van der Waals surface area contributed by atoms with Crippen LogP contribution in [0.25, 0.3) is 5.57 Å². The number of benzene rings is 1. The minimum absolute atomic E-state index is 0.00928. The van der Waals surface area contributed by atoms with Crippen LogP contribution in [0.15, 0.2) is 28.5 Å². The number of nitrogens with zero attached hydrogens (tertiary/aromatic N) is 2. The van der Waals surface area contributed by atoms with Crippen LogP contribution in [0.4, 0.5) is 14.5 Å². The molecule has 1 atom stereocenters. The van der Waals surface area contributed by atoms with Gasteiger partial charge in [-0.2, -0.15) is 5.26 Å². The summed E-state index contributed by atoms with van der Waals surface area (Å²) in [5, 5.41) is 12.6. The van der Waals surface area contributed by atoms with Gasteiger partial charge in [-0.15, -0.1) is 0 Å². The number of piperidine rings is 1. The summed E-state index contributed by atoms with van der Waals surface area (Å²) in [5.74, 6) is -2.96. The van der Waals surface area contributed by atoms with Crippen LogP contribution < -0.4 is 5.32 Å². The molecule has 0 saturated carbocycles. The maximum Gasteiger partial charge on any atom is 0.280 e. The minimum Gasteiger partial charge on any atom is -0.375 e. The van der Waals surface area contributed by atoms with E-state index in [0.29, 0.717) is 17.7 Å². The Hall–Kier alpha value is -1.98. The lowest BCUT2D eigenvalue weighted by atomic mass is 9.99. The monoisotopic (exact) mass is 353 g/mol. The molecule has 5 nitrogen and oxygen atoms in total. The number of rotatable bonds is 3. The van der Waals surface area contributed by atoms with Crippen molar-refractivity contribution in [1.82, 2.24) is 4.90 Å². The topological polar surface area (TPSA) is 73.2 Å². The van der Waals surface area contributed by atoms with Crippen molar-refractivity contribution in [3.63, 3.8) is 0 Å². The first-order valence-corrected chi connectivity index (χ1v) is 9.08. The van der Waals surface area contributed by atoms with Crippen LogP contribution in [0, 0.1) is 11.3 Å². The SMILES string of the molecule is CN1CCC(Nc2cccc3c2S(=O)(=O)C=C3CC#N)C(F)(F)C1. The molecule has 1 saturated heterocycles. The molecule has 0 spiro atoms. The van der Waals surface area contributed by atoms with E-state index in [-0.39, 0.29) is 30.0 Å². The van der Waals surface area contributed by atoms with E-state index in [0.717, 1.165) is 5.41 Å². The van der Waals surface area contributed by atoms with Crippen LogP contribution in [0.5, 0.6) is 0 Å². The number of sulfone groups is 1. The molecule has 24 heavy (non-hydrogen) atoms. The van der Waals surface area contributed by atoms with E-state index in [4.69, 9.17) is 5.26 Å². The maximum absolute atomic E-state index is 14.2. The lowest BCUT2D eigenvalue weighted by Gasteiger charge is -2.37. The predicted molar refractivity (Wildman–Crippen MR) is 86.3 cm³/mol. The Morgan fingerprint density at radius 2 is 2.21 bits per heavy atom. The fourth-order valence-electron chi connectivity index (χ4n) is 3.22. The standard InChI is InChI=1S/C16H17F2N3O2S/c1-21-8-6-14(16(17,18)10-21)20-13-4-2-3-12-11(5-7-19)9-24(22,23)15(12)13/h2-4,9,14,20H,5-6,8,10H2,1H3. The highest BCUT2D eigenvalue weighted by molar-refractivity contribution is 7.95. The maximum atomic E-state index is 14.2. The summed E-state index contributed by atoms with van der Waals surface area (Å²) in [5.41, 5.74) is 0.981. The van der Waals surface area contributed by atoms with Crippen LogP contribution in [0.1, 0.15) is 18.4 Å². The second-order valence-corrected chi connectivity index (χ2v) is 7.92. The zero-order valence-electron chi connectivity index (χ0n) is 13.1. The summed E-state index contributed by atoms with van der Waals surface area (Å²) < 4.78 is 53.3. The quantitative estimate of drug-likeness (QED) is 0.904. The molecule has 1 aromatic rings. The second kappa shape index (κ2) is 5.83. The number of nitrogens with one attached hydrogen (secondary N) is 1. The molecule has 1 fully saturated rings. The van der Waals surface area contributed by atoms with Crippen LogP contribution in [0.3, 0.4) is 0 Å². The average Bonchev–Trinajstić information content (AvgIpc) is 2.74. The summed E-state index contributed by atoms with van der Waals surface area (Å²) in [6, 6.07) is 5.50. The molecule has 128 valence electrons. The molecule has 2 heterocycles. The van der Waals surface area contributed by atoms with E-state index in [1.165, 1.54) is 6.07 Å². The molecule has 3 rings (SSSR count). The number of fused-ring (bicyclic) bond motifs is 1. The third kappa shape index (κ3) is 2.89. The third-order valence-electron chi connectivity index (χ3n) is 4.33. The third-order valence-corrected chi connectivity index (χ3v) is 5.94. The molecule has 0 bridgehead atoms. The Morgan fingerprint density at radius 1 is 1.46 bits per heavy atom. The van der Waals surface area contributed by atoms with Gasteiger partial charge in [0.25, 0.3) is 5.92 Å². The van der Waals surface area contributed by atoms with Crippen LogP contribution in [-0.4, -0.2) is 45.4 Å². The van der Waals surface area contributed by atoms with E-state index in [9.17, 15) is 17.2 Å². The fraction of sp³-hybridized carbons (Fsp3) is 0.438. The summed E-state index contributed by atoms with van der Waals surface area (Å²) in [6.45, 7) is 0.136. The normalized spacial score (nSPS) is 24.8. The van der Waals surface area contributed by atoms with Gasteiger partial charge in [0, 0.05) is 17.5 Å². The molecular formula is C16H17F2N3O2S. The fourth-order valence-corrected chi connectivity index (χ4v) is 4.86. The Morgan fingerprint density at radius 3 is 2.88 bits per heavy atom. The first kappa shape index (κ1) is 16.9. The molecule has 1 N–H and O–H groups in total. The van der Waals surface area contributed by atoms with Crippen molar-refractivity contribution in [2.45, 2.75) is 29.7 Å². The number of anilines is 1. The van der Waals surface area contributed by atoms with E-state index in [1.54, 1.807) is 24.1 Å². The highest BCUT2D eigenvalue weighted by Crippen LogP contribution is 2.41. The van der Waals surface area contributed by atoms with Gasteiger partial charge in [-0.1, -0.05) is 12.1 Å². The smallest absolute Gasteiger partial charge is 0.280 e. The number of hydrogen-bond acceptors (Lipinski definition) is 5. The number of likely N-dealkylation sites (tertiary alicyclic amines) is 1. The number of alkyl halides is 2. The molecule has 2 aliphatic heterocycles. The average molecular weight is 353 g/mol. The van der Waals surface area contributed by atoms with Crippen molar-refractivity contribution in [1.29, 1.82) is 5.26 Å². The lowest BCUT2D eigenvalue weighted by Crippen LogP contribution is -2.53. The number of hydrogen-bond donors (Lipinski definition) is 1. The largest absolute Gasteiger partial charge is 0.375 e. The number of allylic oxidation sites excluding steroid dienone is 1. The molecule has 1 aromatic carbocycles. The van der Waals surface area contributed by atoms with Crippen LogP contribution >= 0.6 is 0 Å². The Bertz CT molecular complexity index is 843. The van der Waals surface area contributed by atoms with Gasteiger partial charge in [-0.25, -0.2) is 17.2 Å². The highest BCUT2D eigenvalue weighted by Gasteiger charge is 2.44. The predicted octanol–water partition coefficient (Wildman–Crippen LogP) is 2.48. The van der Waals surface area contributed by atoms with Gasteiger partial charge in [0.15, 0.2) is 0 Å². The minimum atomic E-state index is -3.74. The zero-order chi connectivity index (χ0) is 17.5. The molecule has 2 aliphatic rings. The van der Waals surface area contributed by atoms with Gasteiger partial charge in [0.05, 0.1) is 30.8 Å². The Labute approximate surface area is 139 Å². The van der Waals surface area contributed by atoms with Crippen molar-refractivity contribution in [3.05, 3.63) is 29.2 Å². The van der Waals surface area contributed by atoms with E-state index < -0.39 is 21.8 Å². The van der Waals surface area contributed by atoms with Gasteiger partial charge >= 0.3 is 0 Å². The first-order chi connectivity index (χ1) is 11.2. The van der Waals surface area contributed by atoms with Crippen molar-refractivity contribution in [2.24, 2.45) is 0 Å². The molecule has 0 aliphatic carbocycles. The summed E-state index contributed by atoms with van der Waals surface area (Å²) >= 11 is 0. The van der Waals surface area contributed by atoms with Crippen molar-refractivity contribution < 1.29 is 17.2 Å². The Kier molecular flexibility index (Phi) is 4.10. The van der Waals surface area contributed by atoms with Gasteiger partial charge in [0.2, 0.25) is 9.84 Å². The van der Waals surface area contributed by atoms with Gasteiger partial charge < -0.3 is 10.2 Å². The van der Waals surface area contributed by atoms with Crippen molar-refractivity contribution in [3.8, 4) is 6.07 Å². The molecular weight excluding hydrogens is 336 g/mol. The lowest BCUT2D eigenvalue weighted by molar-refractivity contribution is -0.0673. The molecule has 8 heteroatoms. The van der Waals surface area contributed by atoms with Gasteiger partial charge in [-0.05, 0) is 25.1 Å². The van der Waals surface area contributed by atoms with Crippen LogP contribution in [0.2, 0.25) is 0 Å². The highest BCUT2D eigenvalue weighted by atomic mass is 32.2. The number of halogens is 2. The summed E-state index contributed by atoms with van der Waals surface area (Å²) in [6.07, 6.45) is 0.172. The van der Waals surface area contributed by atoms with Crippen molar-refractivity contribution >= 4 is 21.1 Å². The summed E-state index contributed by atoms with van der Waals surface area (Å²) in [7, 11) is -2.11. The van der Waals surface area contributed by atoms with E-state index >= 15 is 0 Å². The second-order valence-electron chi connectivity index (χ2n) is 6.19. The Balaban J connectivity index is 1.97. The molecule has 0 radical (unpaired) electrons.